The van der Waals surface area contributed by atoms with Gasteiger partial charge in [0.05, 0.1) is 5.41 Å². The molecule has 2 saturated heterocycles. The number of nitrogens with zero attached hydrogens (tertiary/aromatic N) is 2. The first-order chi connectivity index (χ1) is 7.96. The van der Waals surface area contributed by atoms with Crippen LogP contribution in [0.4, 0.5) is 0 Å². The second kappa shape index (κ2) is 4.48. The van der Waals surface area contributed by atoms with Crippen molar-refractivity contribution < 1.29 is 9.59 Å². The third-order valence-corrected chi connectivity index (χ3v) is 4.14. The molecule has 0 aromatic carbocycles. The summed E-state index contributed by atoms with van der Waals surface area (Å²) in [5.74, 6) is 0.144. The van der Waals surface area contributed by atoms with Gasteiger partial charge in [-0.25, -0.2) is 0 Å². The Kier molecular flexibility index (Phi) is 3.34. The van der Waals surface area contributed by atoms with Crippen molar-refractivity contribution >= 4 is 23.4 Å². The molecule has 5 heteroatoms. The first kappa shape index (κ1) is 12.7. The molecule has 0 aliphatic carbocycles. The lowest BCUT2D eigenvalue weighted by Gasteiger charge is -2.37. The molecule has 2 unspecified atom stereocenters. The molecular weight excluding hydrogens is 240 g/mol. The Morgan fingerprint density at radius 3 is 2.76 bits per heavy atom. The van der Waals surface area contributed by atoms with E-state index in [0.29, 0.717) is 13.1 Å². The number of carbonyl (C=O) groups is 2. The molecule has 96 valence electrons. The van der Waals surface area contributed by atoms with Crippen LogP contribution in [0, 0.1) is 5.41 Å². The summed E-state index contributed by atoms with van der Waals surface area (Å²) in [6.07, 6.45) is 2.71. The van der Waals surface area contributed by atoms with Crippen LogP contribution in [0.5, 0.6) is 0 Å². The zero-order valence-corrected chi connectivity index (χ0v) is 11.2. The van der Waals surface area contributed by atoms with Gasteiger partial charge in [-0.1, -0.05) is 0 Å². The minimum Gasteiger partial charge on any atom is -0.345 e. The van der Waals surface area contributed by atoms with Crippen LogP contribution in [-0.4, -0.2) is 53.7 Å². The zero-order chi connectivity index (χ0) is 12.6. The first-order valence-corrected chi connectivity index (χ1v) is 6.58. The Balaban J connectivity index is 2.10. The summed E-state index contributed by atoms with van der Waals surface area (Å²) < 4.78 is 0. The highest BCUT2D eigenvalue weighted by Gasteiger charge is 2.48. The first-order valence-electron chi connectivity index (χ1n) is 6.15. The van der Waals surface area contributed by atoms with Crippen LogP contribution in [0.1, 0.15) is 26.2 Å². The fourth-order valence-corrected chi connectivity index (χ4v) is 3.10. The molecule has 17 heavy (non-hydrogen) atoms. The maximum absolute atomic E-state index is 12.2. The normalized spacial score (nSPS) is 31.1. The van der Waals surface area contributed by atoms with Gasteiger partial charge in [-0.15, -0.1) is 11.6 Å². The second-order valence-corrected chi connectivity index (χ2v) is 5.89. The van der Waals surface area contributed by atoms with Gasteiger partial charge in [0.25, 0.3) is 0 Å². The maximum Gasteiger partial charge on any atom is 0.240 e. The number of carbonyl (C=O) groups excluding carboxylic acids is 2. The average Bonchev–Trinajstić information content (AvgIpc) is 2.70. The lowest BCUT2D eigenvalue weighted by atomic mass is 9.78. The van der Waals surface area contributed by atoms with Crippen LogP contribution >= 0.6 is 11.6 Å². The predicted molar refractivity (Wildman–Crippen MR) is 65.8 cm³/mol. The second-order valence-electron chi connectivity index (χ2n) is 5.24. The Morgan fingerprint density at radius 2 is 2.12 bits per heavy atom. The molecule has 2 fully saturated rings. The van der Waals surface area contributed by atoms with Crippen molar-refractivity contribution in [1.29, 1.82) is 0 Å². The molecule has 2 atom stereocenters. The van der Waals surface area contributed by atoms with Crippen molar-refractivity contribution in [3.63, 3.8) is 0 Å². The fraction of sp³-hybridized carbons (Fsp3) is 0.833. The molecule has 0 N–H and O–H groups in total. The molecule has 1 spiro atoms. The van der Waals surface area contributed by atoms with Crippen molar-refractivity contribution in [3.8, 4) is 0 Å². The standard InChI is InChI=1S/C12H19ClN2O2/c1-9(13)10(16)15-7-5-12(8-15)4-3-6-14(2)11(12)17/h9H,3-8H2,1-2H3. The molecule has 2 rings (SSSR count). The summed E-state index contributed by atoms with van der Waals surface area (Å²) in [4.78, 5) is 27.6. The highest BCUT2D eigenvalue weighted by Crippen LogP contribution is 2.39. The summed E-state index contributed by atoms with van der Waals surface area (Å²) in [6, 6.07) is 0. The van der Waals surface area contributed by atoms with Crippen molar-refractivity contribution in [2.45, 2.75) is 31.6 Å². The number of piperidine rings is 1. The van der Waals surface area contributed by atoms with E-state index in [4.69, 9.17) is 11.6 Å². The van der Waals surface area contributed by atoms with Crippen LogP contribution in [-0.2, 0) is 9.59 Å². The third-order valence-electron chi connectivity index (χ3n) is 3.95. The van der Waals surface area contributed by atoms with Gasteiger partial charge < -0.3 is 9.80 Å². The zero-order valence-electron chi connectivity index (χ0n) is 10.4. The van der Waals surface area contributed by atoms with Crippen LogP contribution in [0.25, 0.3) is 0 Å². The summed E-state index contributed by atoms with van der Waals surface area (Å²) in [6.45, 7) is 3.73. The average molecular weight is 259 g/mol. The van der Waals surface area contributed by atoms with Gasteiger partial charge in [0, 0.05) is 26.7 Å². The molecule has 0 saturated carbocycles. The van der Waals surface area contributed by atoms with E-state index in [9.17, 15) is 9.59 Å². The Hall–Kier alpha value is -0.770. The van der Waals surface area contributed by atoms with Crippen molar-refractivity contribution in [2.75, 3.05) is 26.7 Å². The van der Waals surface area contributed by atoms with Crippen LogP contribution in [0.3, 0.4) is 0 Å². The summed E-state index contributed by atoms with van der Waals surface area (Å²) in [7, 11) is 1.85. The number of likely N-dealkylation sites (tertiary alicyclic amines) is 2. The van der Waals surface area contributed by atoms with Crippen molar-refractivity contribution in [2.24, 2.45) is 5.41 Å². The largest absolute Gasteiger partial charge is 0.345 e. The van der Waals surface area contributed by atoms with E-state index in [0.717, 1.165) is 25.8 Å². The number of hydrogen-bond acceptors (Lipinski definition) is 2. The lowest BCUT2D eigenvalue weighted by molar-refractivity contribution is -0.144. The van der Waals surface area contributed by atoms with Crippen LogP contribution in [0.15, 0.2) is 0 Å². The topological polar surface area (TPSA) is 40.6 Å². The molecule has 0 bridgehead atoms. The Morgan fingerprint density at radius 1 is 1.41 bits per heavy atom. The molecule has 2 heterocycles. The molecular formula is C12H19ClN2O2. The SMILES string of the molecule is CC(Cl)C(=O)N1CCC2(CCCN(C)C2=O)C1. The van der Waals surface area contributed by atoms with Gasteiger partial charge in [0.2, 0.25) is 11.8 Å². The minimum atomic E-state index is -0.499. The Labute approximate surface area is 107 Å². The van der Waals surface area contributed by atoms with Gasteiger partial charge in [0.1, 0.15) is 5.38 Å². The predicted octanol–water partition coefficient (Wildman–Crippen LogP) is 1.08. The number of halogens is 1. The van der Waals surface area contributed by atoms with Crippen LogP contribution < -0.4 is 0 Å². The van der Waals surface area contributed by atoms with Crippen molar-refractivity contribution in [1.82, 2.24) is 9.80 Å². The third kappa shape index (κ3) is 2.15. The van der Waals surface area contributed by atoms with Gasteiger partial charge in [-0.05, 0) is 26.2 Å². The summed E-state index contributed by atoms with van der Waals surface area (Å²) in [5, 5.41) is -0.499. The molecule has 0 radical (unpaired) electrons. The summed E-state index contributed by atoms with van der Waals surface area (Å²) in [5.41, 5.74) is -0.325. The number of alkyl halides is 1. The Bertz CT molecular complexity index is 345. The van der Waals surface area contributed by atoms with E-state index < -0.39 is 5.38 Å². The smallest absolute Gasteiger partial charge is 0.240 e. The van der Waals surface area contributed by atoms with Gasteiger partial charge in [0.15, 0.2) is 0 Å². The van der Waals surface area contributed by atoms with E-state index in [1.54, 1.807) is 16.7 Å². The number of amides is 2. The van der Waals surface area contributed by atoms with E-state index in [1.807, 2.05) is 7.05 Å². The van der Waals surface area contributed by atoms with Crippen molar-refractivity contribution in [3.05, 3.63) is 0 Å². The molecule has 0 aromatic heterocycles. The highest BCUT2D eigenvalue weighted by molar-refractivity contribution is 6.30. The fourth-order valence-electron chi connectivity index (χ4n) is 2.96. The highest BCUT2D eigenvalue weighted by atomic mass is 35.5. The lowest BCUT2D eigenvalue weighted by Crippen LogP contribution is -2.49. The van der Waals surface area contributed by atoms with Gasteiger partial charge in [-0.2, -0.15) is 0 Å². The quantitative estimate of drug-likeness (QED) is 0.661. The molecule has 4 nitrogen and oxygen atoms in total. The van der Waals surface area contributed by atoms with E-state index in [1.165, 1.54) is 0 Å². The van der Waals surface area contributed by atoms with Gasteiger partial charge in [-0.3, -0.25) is 9.59 Å². The molecule has 2 aliphatic heterocycles. The van der Waals surface area contributed by atoms with Gasteiger partial charge >= 0.3 is 0 Å². The molecule has 2 amide bonds. The monoisotopic (exact) mass is 258 g/mol. The van der Waals surface area contributed by atoms with E-state index in [-0.39, 0.29) is 17.2 Å². The maximum atomic E-state index is 12.2. The van der Waals surface area contributed by atoms with Crippen LogP contribution in [0.2, 0.25) is 0 Å². The van der Waals surface area contributed by atoms with E-state index in [2.05, 4.69) is 0 Å². The molecule has 2 aliphatic rings. The minimum absolute atomic E-state index is 0.0513. The van der Waals surface area contributed by atoms with E-state index >= 15 is 0 Å². The summed E-state index contributed by atoms with van der Waals surface area (Å²) >= 11 is 5.81. The number of hydrogen-bond donors (Lipinski definition) is 0. The molecule has 0 aromatic rings. The number of rotatable bonds is 1.